The van der Waals surface area contributed by atoms with Crippen molar-refractivity contribution in [3.63, 3.8) is 0 Å². The van der Waals surface area contributed by atoms with Gasteiger partial charge >= 0.3 is 0 Å². The maximum atomic E-state index is 12.7. The minimum Gasteiger partial charge on any atom is -0.495 e. The summed E-state index contributed by atoms with van der Waals surface area (Å²) in [5.41, 5.74) is 0.743. The molecule has 0 atom stereocenters. The Balaban J connectivity index is 1.94. The molecule has 1 aromatic heterocycles. The van der Waals surface area contributed by atoms with Crippen LogP contribution in [0.3, 0.4) is 0 Å². The Kier molecular flexibility index (Phi) is 5.98. The number of rotatable bonds is 5. The number of methoxy groups -OCH3 is 1. The number of ether oxygens (including phenoxy) is 1. The molecule has 0 saturated heterocycles. The zero-order valence-corrected chi connectivity index (χ0v) is 17.9. The zero-order chi connectivity index (χ0) is 22.1. The van der Waals surface area contributed by atoms with Gasteiger partial charge in [0.05, 0.1) is 35.1 Å². The van der Waals surface area contributed by atoms with Gasteiger partial charge in [-0.2, -0.15) is 5.26 Å². The second-order valence-corrected chi connectivity index (χ2v) is 8.44. The summed E-state index contributed by atoms with van der Waals surface area (Å²) in [5.74, 6) is -0.977. The third-order valence-electron chi connectivity index (χ3n) is 4.06. The first-order chi connectivity index (χ1) is 14.2. The molecule has 2 aromatic carbocycles. The van der Waals surface area contributed by atoms with Crippen molar-refractivity contribution < 1.29 is 17.9 Å². The highest BCUT2D eigenvalue weighted by Gasteiger charge is 2.26. The summed E-state index contributed by atoms with van der Waals surface area (Å²) in [6.07, 6.45) is 0. The first-order valence-corrected chi connectivity index (χ1v) is 10.4. The van der Waals surface area contributed by atoms with Crippen LogP contribution in [0, 0.1) is 18.3 Å². The van der Waals surface area contributed by atoms with E-state index in [-0.39, 0.29) is 32.1 Å². The molecule has 0 aliphatic carbocycles. The van der Waals surface area contributed by atoms with Gasteiger partial charge in [-0.25, -0.2) is 17.8 Å². The Morgan fingerprint density at radius 3 is 2.60 bits per heavy atom. The van der Waals surface area contributed by atoms with E-state index in [0.29, 0.717) is 11.3 Å². The number of carbonyl (C=O) groups is 1. The third kappa shape index (κ3) is 4.09. The molecule has 0 aliphatic rings. The number of hydrogen-bond donors (Lipinski definition) is 1. The molecule has 0 bridgehead atoms. The Hall–Kier alpha value is -3.13. The minimum absolute atomic E-state index is 0.0180. The monoisotopic (exact) mass is 465 g/mol. The number of nitrogens with zero attached hydrogens (tertiary/aromatic N) is 4. The fourth-order valence-corrected chi connectivity index (χ4v) is 4.25. The van der Waals surface area contributed by atoms with E-state index in [0.717, 1.165) is 6.07 Å². The van der Waals surface area contributed by atoms with Gasteiger partial charge in [-0.15, -0.1) is 5.10 Å². The Morgan fingerprint density at radius 2 is 1.97 bits per heavy atom. The quantitative estimate of drug-likeness (QED) is 0.613. The summed E-state index contributed by atoms with van der Waals surface area (Å²) < 4.78 is 33.6. The Bertz CT molecular complexity index is 1300. The lowest BCUT2D eigenvalue weighted by molar-refractivity contribution is 0.0976. The molecule has 3 rings (SSSR count). The van der Waals surface area contributed by atoms with Gasteiger partial charge in [0.2, 0.25) is 0 Å². The summed E-state index contributed by atoms with van der Waals surface area (Å²) in [6, 6.07) is 10.5. The van der Waals surface area contributed by atoms with Gasteiger partial charge in [0.1, 0.15) is 10.6 Å². The molecule has 0 unspecified atom stereocenters. The molecule has 0 saturated carbocycles. The lowest BCUT2D eigenvalue weighted by Crippen LogP contribution is -2.31. The van der Waals surface area contributed by atoms with E-state index in [1.807, 2.05) is 10.8 Å². The summed E-state index contributed by atoms with van der Waals surface area (Å²) in [6.45, 7) is 1.52. The number of halogens is 2. The molecule has 3 aromatic rings. The second-order valence-electron chi connectivity index (χ2n) is 5.94. The third-order valence-corrected chi connectivity index (χ3v) is 5.95. The van der Waals surface area contributed by atoms with Gasteiger partial charge in [0.15, 0.2) is 5.69 Å². The largest absolute Gasteiger partial charge is 0.495 e. The van der Waals surface area contributed by atoms with E-state index in [2.05, 4.69) is 10.3 Å². The summed E-state index contributed by atoms with van der Waals surface area (Å²) >= 11 is 12.1. The molecule has 1 heterocycles. The second kappa shape index (κ2) is 8.31. The van der Waals surface area contributed by atoms with Crippen molar-refractivity contribution in [1.82, 2.24) is 19.7 Å². The molecule has 9 nitrogen and oxygen atoms in total. The first-order valence-electron chi connectivity index (χ1n) is 8.21. The fraction of sp³-hybridized carbons (Fsp3) is 0.111. The summed E-state index contributed by atoms with van der Waals surface area (Å²) in [5, 5.41) is 16.9. The highest BCUT2D eigenvalue weighted by Crippen LogP contribution is 2.27. The zero-order valence-electron chi connectivity index (χ0n) is 15.6. The number of nitrogens with one attached hydrogen (secondary N) is 1. The van der Waals surface area contributed by atoms with Crippen LogP contribution in [0.25, 0.3) is 5.69 Å². The SMILES string of the molecule is COc1ccc(Cl)cc1S(=O)(=O)NC(=O)c1nnn(-c2ccc(C#N)cc2Cl)c1C. The van der Waals surface area contributed by atoms with Gasteiger partial charge in [0, 0.05) is 5.02 Å². The normalized spacial score (nSPS) is 11.0. The lowest BCUT2D eigenvalue weighted by Gasteiger charge is -2.11. The predicted molar refractivity (Wildman–Crippen MR) is 108 cm³/mol. The topological polar surface area (TPSA) is 127 Å². The number of carbonyl (C=O) groups excluding carboxylic acids is 1. The van der Waals surface area contributed by atoms with E-state index in [4.69, 9.17) is 33.2 Å². The number of benzene rings is 2. The molecule has 1 amide bonds. The molecular weight excluding hydrogens is 453 g/mol. The Labute approximate surface area is 181 Å². The van der Waals surface area contributed by atoms with Crippen molar-refractivity contribution in [1.29, 1.82) is 5.26 Å². The van der Waals surface area contributed by atoms with Gasteiger partial charge in [-0.05, 0) is 43.3 Å². The number of amides is 1. The summed E-state index contributed by atoms with van der Waals surface area (Å²) in [7, 11) is -3.02. The van der Waals surface area contributed by atoms with E-state index >= 15 is 0 Å². The molecule has 1 N–H and O–H groups in total. The minimum atomic E-state index is -4.31. The smallest absolute Gasteiger partial charge is 0.287 e. The summed E-state index contributed by atoms with van der Waals surface area (Å²) in [4.78, 5) is 12.3. The first kappa shape index (κ1) is 21.6. The van der Waals surface area contributed by atoms with Crippen molar-refractivity contribution >= 4 is 39.1 Å². The average molecular weight is 466 g/mol. The fourth-order valence-electron chi connectivity index (χ4n) is 2.60. The van der Waals surface area contributed by atoms with Crippen molar-refractivity contribution in [2.24, 2.45) is 0 Å². The lowest BCUT2D eigenvalue weighted by atomic mass is 10.2. The van der Waals surface area contributed by atoms with Crippen molar-refractivity contribution in [3.8, 4) is 17.5 Å². The van der Waals surface area contributed by atoms with Crippen molar-refractivity contribution in [2.45, 2.75) is 11.8 Å². The van der Waals surface area contributed by atoms with Crippen LogP contribution in [-0.2, 0) is 10.0 Å². The van der Waals surface area contributed by atoms with E-state index < -0.39 is 15.9 Å². The number of sulfonamides is 1. The van der Waals surface area contributed by atoms with Crippen LogP contribution >= 0.6 is 23.2 Å². The molecule has 154 valence electrons. The van der Waals surface area contributed by atoms with Crippen LogP contribution in [0.4, 0.5) is 0 Å². The highest BCUT2D eigenvalue weighted by atomic mass is 35.5. The van der Waals surface area contributed by atoms with E-state index in [1.54, 1.807) is 0 Å². The van der Waals surface area contributed by atoms with Gasteiger partial charge in [0.25, 0.3) is 15.9 Å². The standard InChI is InChI=1S/C18H13Cl2N5O4S/c1-10-17(22-24-25(10)14-5-3-11(9-21)7-13(14)20)18(26)23-30(27,28)16-8-12(19)4-6-15(16)29-2/h3-8H,1-2H3,(H,23,26). The number of nitriles is 1. The van der Waals surface area contributed by atoms with Crippen molar-refractivity contribution in [2.75, 3.05) is 7.11 Å². The Morgan fingerprint density at radius 1 is 1.23 bits per heavy atom. The van der Waals surface area contributed by atoms with E-state index in [9.17, 15) is 13.2 Å². The van der Waals surface area contributed by atoms with Crippen LogP contribution in [0.5, 0.6) is 5.75 Å². The van der Waals surface area contributed by atoms with Crippen LogP contribution < -0.4 is 9.46 Å². The van der Waals surface area contributed by atoms with Crippen LogP contribution in [0.2, 0.25) is 10.0 Å². The highest BCUT2D eigenvalue weighted by molar-refractivity contribution is 7.90. The van der Waals surface area contributed by atoms with Gasteiger partial charge < -0.3 is 4.74 Å². The van der Waals surface area contributed by atoms with Crippen LogP contribution in [0.15, 0.2) is 41.3 Å². The number of hydrogen-bond acceptors (Lipinski definition) is 7. The van der Waals surface area contributed by atoms with Crippen LogP contribution in [-0.4, -0.2) is 36.4 Å². The molecule has 0 aliphatic heterocycles. The molecule has 12 heteroatoms. The average Bonchev–Trinajstić information content (AvgIpc) is 3.08. The molecule has 0 fully saturated rings. The molecular formula is C18H13Cl2N5O4S. The maximum Gasteiger partial charge on any atom is 0.287 e. The van der Waals surface area contributed by atoms with Crippen LogP contribution in [0.1, 0.15) is 21.7 Å². The van der Waals surface area contributed by atoms with Gasteiger partial charge in [-0.1, -0.05) is 28.4 Å². The van der Waals surface area contributed by atoms with Gasteiger partial charge in [-0.3, -0.25) is 4.79 Å². The molecule has 30 heavy (non-hydrogen) atoms. The molecule has 0 spiro atoms. The van der Waals surface area contributed by atoms with E-state index in [1.165, 1.54) is 49.0 Å². The number of aromatic nitrogens is 3. The maximum absolute atomic E-state index is 12.7. The van der Waals surface area contributed by atoms with Crippen molar-refractivity contribution in [3.05, 3.63) is 63.4 Å². The predicted octanol–water partition coefficient (Wildman–Crippen LogP) is 2.88. The molecule has 0 radical (unpaired) electrons.